The molecule has 0 aliphatic heterocycles. The zero-order valence-electron chi connectivity index (χ0n) is 14.2. The molecular weight excluding hydrogens is 378 g/mol. The van der Waals surface area contributed by atoms with Crippen molar-refractivity contribution in [2.75, 3.05) is 11.0 Å². The van der Waals surface area contributed by atoms with Crippen molar-refractivity contribution < 1.29 is 22.7 Å². The molecule has 0 spiro atoms. The number of benzene rings is 2. The van der Waals surface area contributed by atoms with Crippen LogP contribution in [0.25, 0.3) is 0 Å². The van der Waals surface area contributed by atoms with Crippen molar-refractivity contribution in [3.05, 3.63) is 64.7 Å². The van der Waals surface area contributed by atoms with Crippen LogP contribution in [-0.2, 0) is 26.0 Å². The molecule has 26 heavy (non-hydrogen) atoms. The molecule has 0 radical (unpaired) electrons. The predicted molar refractivity (Wildman–Crippen MR) is 99.9 cm³/mol. The van der Waals surface area contributed by atoms with Crippen LogP contribution < -0.4 is 4.72 Å². The number of esters is 1. The lowest BCUT2D eigenvalue weighted by molar-refractivity contribution is -0.145. The maximum atomic E-state index is 12.3. The van der Waals surface area contributed by atoms with E-state index in [0.29, 0.717) is 16.3 Å². The highest BCUT2D eigenvalue weighted by Crippen LogP contribution is 2.14. The molecule has 0 amide bonds. The number of carbonyl (C=O) groups is 2. The van der Waals surface area contributed by atoms with Crippen molar-refractivity contribution in [3.63, 3.8) is 0 Å². The van der Waals surface area contributed by atoms with E-state index >= 15 is 0 Å². The Kier molecular flexibility index (Phi) is 6.39. The molecular formula is C18H18ClNO5S. The summed E-state index contributed by atoms with van der Waals surface area (Å²) in [6.45, 7) is 1.49. The van der Waals surface area contributed by atoms with E-state index in [0.717, 1.165) is 11.8 Å². The summed E-state index contributed by atoms with van der Waals surface area (Å²) in [5.41, 5.74) is 1.39. The molecule has 0 fully saturated rings. The molecule has 0 aromatic heterocycles. The summed E-state index contributed by atoms with van der Waals surface area (Å²) in [5, 5.41) is 0.569. The fourth-order valence-electron chi connectivity index (χ4n) is 2.21. The van der Waals surface area contributed by atoms with Gasteiger partial charge in [0.05, 0.1) is 12.7 Å². The van der Waals surface area contributed by atoms with Crippen LogP contribution in [0, 0.1) is 0 Å². The summed E-state index contributed by atoms with van der Waals surface area (Å²) in [6.07, 6.45) is 0.115. The predicted octanol–water partition coefficient (Wildman–Crippen LogP) is 3.07. The Hall–Kier alpha value is -2.38. The quantitative estimate of drug-likeness (QED) is 0.574. The van der Waals surface area contributed by atoms with Gasteiger partial charge in [-0.1, -0.05) is 23.7 Å². The molecule has 0 saturated carbocycles. The van der Waals surface area contributed by atoms with Crippen molar-refractivity contribution in [1.82, 2.24) is 0 Å². The smallest absolute Gasteiger partial charge is 0.310 e. The number of carbonyl (C=O) groups excluding carboxylic acids is 2. The van der Waals surface area contributed by atoms with Crippen molar-refractivity contribution in [2.45, 2.75) is 19.4 Å². The van der Waals surface area contributed by atoms with Gasteiger partial charge in [-0.2, -0.15) is 0 Å². The van der Waals surface area contributed by atoms with Crippen molar-refractivity contribution in [3.8, 4) is 0 Å². The maximum absolute atomic E-state index is 12.3. The number of Topliss-reactive ketones (excluding diaryl/α,β-unsaturated/α-hetero) is 1. The standard InChI is InChI=1S/C18H18ClNO5S/c1-12(25-17(21)11-13-3-7-15(19)8-4-13)18(22)14-5-9-16(10-6-14)20-26(2,23)24/h3-10,12,20H,11H2,1-2H3. The first-order chi connectivity index (χ1) is 12.1. The highest BCUT2D eigenvalue weighted by Gasteiger charge is 2.19. The number of ketones is 1. The third-order valence-electron chi connectivity index (χ3n) is 3.41. The van der Waals surface area contributed by atoms with Gasteiger partial charge in [-0.3, -0.25) is 14.3 Å². The van der Waals surface area contributed by atoms with Gasteiger partial charge in [-0.05, 0) is 48.9 Å². The van der Waals surface area contributed by atoms with Crippen LogP contribution in [0.5, 0.6) is 0 Å². The minimum atomic E-state index is -3.39. The molecule has 1 atom stereocenters. The van der Waals surface area contributed by atoms with Gasteiger partial charge in [-0.15, -0.1) is 0 Å². The van der Waals surface area contributed by atoms with E-state index in [9.17, 15) is 18.0 Å². The van der Waals surface area contributed by atoms with Crippen LogP contribution >= 0.6 is 11.6 Å². The molecule has 2 aromatic carbocycles. The summed E-state index contributed by atoms with van der Waals surface area (Å²) in [7, 11) is -3.39. The Labute approximate surface area is 157 Å². The molecule has 1 N–H and O–H groups in total. The topological polar surface area (TPSA) is 89.5 Å². The number of anilines is 1. The van der Waals surface area contributed by atoms with E-state index in [4.69, 9.17) is 16.3 Å². The van der Waals surface area contributed by atoms with Gasteiger partial charge < -0.3 is 4.74 Å². The van der Waals surface area contributed by atoms with Crippen LogP contribution in [0.15, 0.2) is 48.5 Å². The second-order valence-corrected chi connectivity index (χ2v) is 7.94. The van der Waals surface area contributed by atoms with Gasteiger partial charge >= 0.3 is 5.97 Å². The number of halogens is 1. The molecule has 0 aliphatic carbocycles. The molecule has 2 rings (SSSR count). The Morgan fingerprint density at radius 1 is 1.08 bits per heavy atom. The Morgan fingerprint density at radius 2 is 1.65 bits per heavy atom. The second-order valence-electron chi connectivity index (χ2n) is 5.75. The molecule has 2 aromatic rings. The van der Waals surface area contributed by atoms with E-state index < -0.39 is 22.1 Å². The van der Waals surface area contributed by atoms with E-state index in [1.165, 1.54) is 31.2 Å². The Morgan fingerprint density at radius 3 is 2.19 bits per heavy atom. The summed E-state index contributed by atoms with van der Waals surface area (Å²) < 4.78 is 29.8. The molecule has 0 aliphatic rings. The summed E-state index contributed by atoms with van der Waals surface area (Å²) >= 11 is 5.79. The Bertz CT molecular complexity index is 892. The summed E-state index contributed by atoms with van der Waals surface area (Å²) in [4.78, 5) is 24.3. The summed E-state index contributed by atoms with van der Waals surface area (Å²) in [6, 6.07) is 12.6. The molecule has 1 unspecified atom stereocenters. The number of sulfonamides is 1. The fraction of sp³-hybridized carbons (Fsp3) is 0.222. The third kappa shape index (κ3) is 6.16. The first-order valence-corrected chi connectivity index (χ1v) is 9.97. The molecule has 0 saturated heterocycles. The minimum absolute atomic E-state index is 0.0337. The number of rotatable bonds is 7. The first kappa shape index (κ1) is 19.9. The largest absolute Gasteiger partial charge is 0.454 e. The molecule has 8 heteroatoms. The van der Waals surface area contributed by atoms with Gasteiger partial charge in [0, 0.05) is 16.3 Å². The molecule has 6 nitrogen and oxygen atoms in total. The van der Waals surface area contributed by atoms with E-state index in [-0.39, 0.29) is 12.2 Å². The molecule has 0 bridgehead atoms. The van der Waals surface area contributed by atoms with Crippen LogP contribution in [0.4, 0.5) is 5.69 Å². The van der Waals surface area contributed by atoms with Gasteiger partial charge in [0.1, 0.15) is 0 Å². The van der Waals surface area contributed by atoms with Crippen molar-refractivity contribution in [1.29, 1.82) is 0 Å². The normalized spacial score (nSPS) is 12.3. The van der Waals surface area contributed by atoms with Crippen LogP contribution in [0.2, 0.25) is 5.02 Å². The van der Waals surface area contributed by atoms with Gasteiger partial charge in [0.2, 0.25) is 15.8 Å². The first-order valence-electron chi connectivity index (χ1n) is 7.70. The lowest BCUT2D eigenvalue weighted by atomic mass is 10.1. The lowest BCUT2D eigenvalue weighted by Crippen LogP contribution is -2.25. The van der Waals surface area contributed by atoms with Gasteiger partial charge in [0.25, 0.3) is 0 Å². The van der Waals surface area contributed by atoms with Gasteiger partial charge in [-0.25, -0.2) is 8.42 Å². The molecule has 0 heterocycles. The van der Waals surface area contributed by atoms with Crippen molar-refractivity contribution >= 4 is 39.1 Å². The number of hydrogen-bond donors (Lipinski definition) is 1. The average molecular weight is 396 g/mol. The average Bonchev–Trinajstić information content (AvgIpc) is 2.55. The number of hydrogen-bond acceptors (Lipinski definition) is 5. The monoisotopic (exact) mass is 395 g/mol. The third-order valence-corrected chi connectivity index (χ3v) is 4.27. The Balaban J connectivity index is 1.95. The van der Waals surface area contributed by atoms with Crippen LogP contribution in [0.3, 0.4) is 0 Å². The number of ether oxygens (including phenoxy) is 1. The zero-order valence-corrected chi connectivity index (χ0v) is 15.8. The van der Waals surface area contributed by atoms with E-state index in [2.05, 4.69) is 4.72 Å². The fourth-order valence-corrected chi connectivity index (χ4v) is 2.90. The van der Waals surface area contributed by atoms with Crippen LogP contribution in [-0.4, -0.2) is 32.5 Å². The highest BCUT2D eigenvalue weighted by atomic mass is 35.5. The maximum Gasteiger partial charge on any atom is 0.310 e. The van der Waals surface area contributed by atoms with E-state index in [1.807, 2.05) is 0 Å². The highest BCUT2D eigenvalue weighted by molar-refractivity contribution is 7.92. The van der Waals surface area contributed by atoms with Crippen LogP contribution in [0.1, 0.15) is 22.8 Å². The van der Waals surface area contributed by atoms with Gasteiger partial charge in [0.15, 0.2) is 6.10 Å². The second kappa shape index (κ2) is 8.33. The minimum Gasteiger partial charge on any atom is -0.454 e. The van der Waals surface area contributed by atoms with E-state index in [1.54, 1.807) is 24.3 Å². The number of nitrogens with one attached hydrogen (secondary N) is 1. The summed E-state index contributed by atoms with van der Waals surface area (Å²) in [5.74, 6) is -0.899. The van der Waals surface area contributed by atoms with Crippen molar-refractivity contribution in [2.24, 2.45) is 0 Å². The lowest BCUT2D eigenvalue weighted by Gasteiger charge is -2.13. The SMILES string of the molecule is CC(OC(=O)Cc1ccc(Cl)cc1)C(=O)c1ccc(NS(C)(=O)=O)cc1. The molecule has 138 valence electrons. The zero-order chi connectivity index (χ0) is 19.3.